The van der Waals surface area contributed by atoms with Gasteiger partial charge in [-0.2, -0.15) is 0 Å². The molecule has 0 N–H and O–H groups in total. The van der Waals surface area contributed by atoms with Gasteiger partial charge in [0.25, 0.3) is 0 Å². The Morgan fingerprint density at radius 3 is 2.70 bits per heavy atom. The van der Waals surface area contributed by atoms with Gasteiger partial charge in [-0.1, -0.05) is 29.8 Å². The largest absolute Gasteiger partial charge is 0.294 e. The number of carbonyl (C=O) groups is 1. The number of carbonyl (C=O) groups excluding carboxylic acids is 1. The molecule has 0 fully saturated rings. The number of hydrogen-bond acceptors (Lipinski definition) is 1. The van der Waals surface area contributed by atoms with Crippen LogP contribution in [-0.4, -0.2) is 5.78 Å². The molecule has 0 aromatic heterocycles. The van der Waals surface area contributed by atoms with E-state index in [1.54, 1.807) is 6.07 Å². The number of Topliss-reactive ketones (excluding diaryl/α,β-unsaturated/α-hetero) is 1. The van der Waals surface area contributed by atoms with Crippen molar-refractivity contribution in [2.24, 2.45) is 0 Å². The van der Waals surface area contributed by atoms with Crippen molar-refractivity contribution >= 4 is 17.4 Å². The summed E-state index contributed by atoms with van der Waals surface area (Å²) in [4.78, 5) is 12.3. The van der Waals surface area contributed by atoms with Crippen LogP contribution in [0.2, 0.25) is 5.02 Å². The van der Waals surface area contributed by atoms with Crippen LogP contribution >= 0.6 is 11.6 Å². The van der Waals surface area contributed by atoms with Gasteiger partial charge in [-0.3, -0.25) is 4.79 Å². The number of hydrogen-bond donors (Lipinski definition) is 0. The summed E-state index contributed by atoms with van der Waals surface area (Å²) in [5.41, 5.74) is 4.01. The molecule has 0 saturated carbocycles. The van der Waals surface area contributed by atoms with Gasteiger partial charge in [0.05, 0.1) is 0 Å². The Balaban J connectivity index is 1.82. The molecular weight excluding hydrogens is 275 g/mol. The third kappa shape index (κ3) is 2.61. The van der Waals surface area contributed by atoms with Crippen molar-refractivity contribution in [1.82, 2.24) is 0 Å². The Hall–Kier alpha value is -1.67. The maximum absolute atomic E-state index is 13.0. The van der Waals surface area contributed by atoms with Crippen LogP contribution in [0.1, 0.15) is 33.5 Å². The summed E-state index contributed by atoms with van der Waals surface area (Å²) in [7, 11) is 0. The molecule has 0 heterocycles. The van der Waals surface area contributed by atoms with Gasteiger partial charge in [0, 0.05) is 17.0 Å². The van der Waals surface area contributed by atoms with E-state index in [1.807, 2.05) is 18.2 Å². The Kier molecular flexibility index (Phi) is 3.58. The molecule has 20 heavy (non-hydrogen) atoms. The van der Waals surface area contributed by atoms with Gasteiger partial charge in [-0.15, -0.1) is 0 Å². The van der Waals surface area contributed by atoms with E-state index >= 15 is 0 Å². The van der Waals surface area contributed by atoms with Gasteiger partial charge in [0.1, 0.15) is 5.82 Å². The van der Waals surface area contributed by atoms with Gasteiger partial charge in [0.15, 0.2) is 5.78 Å². The van der Waals surface area contributed by atoms with Crippen LogP contribution < -0.4 is 0 Å². The van der Waals surface area contributed by atoms with Crippen LogP contribution in [0.5, 0.6) is 0 Å². The van der Waals surface area contributed by atoms with Crippen molar-refractivity contribution in [2.75, 3.05) is 0 Å². The topological polar surface area (TPSA) is 17.1 Å². The highest BCUT2D eigenvalue weighted by atomic mass is 35.5. The van der Waals surface area contributed by atoms with E-state index in [1.165, 1.54) is 23.3 Å². The van der Waals surface area contributed by atoms with E-state index in [-0.39, 0.29) is 18.0 Å². The van der Waals surface area contributed by atoms with Crippen molar-refractivity contribution in [1.29, 1.82) is 0 Å². The lowest BCUT2D eigenvalue weighted by Gasteiger charge is -2.06. The Bertz CT molecular complexity index is 679. The van der Waals surface area contributed by atoms with E-state index in [4.69, 9.17) is 11.6 Å². The quantitative estimate of drug-likeness (QED) is 0.766. The van der Waals surface area contributed by atoms with E-state index in [9.17, 15) is 9.18 Å². The maximum Gasteiger partial charge on any atom is 0.167 e. The average Bonchev–Trinajstić information content (AvgIpc) is 2.89. The van der Waals surface area contributed by atoms with E-state index in [0.29, 0.717) is 16.1 Å². The molecule has 0 aliphatic heterocycles. The second kappa shape index (κ2) is 5.37. The second-order valence-electron chi connectivity index (χ2n) is 5.17. The van der Waals surface area contributed by atoms with Crippen molar-refractivity contribution in [3.8, 4) is 0 Å². The van der Waals surface area contributed by atoms with Gasteiger partial charge in [-0.05, 0) is 54.2 Å². The smallest absolute Gasteiger partial charge is 0.167 e. The Morgan fingerprint density at radius 1 is 1.10 bits per heavy atom. The minimum absolute atomic E-state index is 0.0215. The summed E-state index contributed by atoms with van der Waals surface area (Å²) in [6.07, 6.45) is 3.52. The lowest BCUT2D eigenvalue weighted by atomic mass is 9.99. The number of fused-ring (bicyclic) bond motifs is 1. The highest BCUT2D eigenvalue weighted by Crippen LogP contribution is 2.24. The Morgan fingerprint density at radius 2 is 1.90 bits per heavy atom. The van der Waals surface area contributed by atoms with Crippen LogP contribution in [0.25, 0.3) is 0 Å². The fourth-order valence-corrected chi connectivity index (χ4v) is 2.92. The van der Waals surface area contributed by atoms with Crippen LogP contribution in [-0.2, 0) is 19.3 Å². The third-order valence-electron chi connectivity index (χ3n) is 3.79. The zero-order chi connectivity index (χ0) is 14.1. The lowest BCUT2D eigenvalue weighted by Crippen LogP contribution is -2.05. The first-order chi connectivity index (χ1) is 9.63. The fourth-order valence-electron chi connectivity index (χ4n) is 2.69. The summed E-state index contributed by atoms with van der Waals surface area (Å²) in [6, 6.07) is 10.1. The highest BCUT2D eigenvalue weighted by Gasteiger charge is 2.15. The molecule has 0 radical (unpaired) electrons. The fraction of sp³-hybridized carbons (Fsp3) is 0.235. The predicted octanol–water partition coefficient (Wildman–Crippen LogP) is 4.39. The SMILES string of the molecule is O=C(Cc1ccc(F)cc1Cl)c1ccc2c(c1)CCC2. The minimum Gasteiger partial charge on any atom is -0.294 e. The van der Waals surface area contributed by atoms with Crippen LogP contribution in [0, 0.1) is 5.82 Å². The molecule has 0 bridgehead atoms. The van der Waals surface area contributed by atoms with Crippen molar-refractivity contribution in [3.05, 3.63) is 69.5 Å². The summed E-state index contributed by atoms with van der Waals surface area (Å²) >= 11 is 5.96. The van der Waals surface area contributed by atoms with Crippen molar-refractivity contribution in [3.63, 3.8) is 0 Å². The Labute approximate surface area is 122 Å². The summed E-state index contributed by atoms with van der Waals surface area (Å²) < 4.78 is 13.0. The molecule has 0 unspecified atom stereocenters. The number of halogens is 2. The molecule has 2 aromatic carbocycles. The predicted molar refractivity (Wildman–Crippen MR) is 77.9 cm³/mol. The first-order valence-electron chi connectivity index (χ1n) is 6.72. The van der Waals surface area contributed by atoms with Gasteiger partial charge < -0.3 is 0 Å². The minimum atomic E-state index is -0.385. The lowest BCUT2D eigenvalue weighted by molar-refractivity contribution is 0.0993. The summed E-state index contributed by atoms with van der Waals surface area (Å²) in [6.45, 7) is 0. The molecule has 102 valence electrons. The average molecular weight is 289 g/mol. The summed E-state index contributed by atoms with van der Waals surface area (Å²) in [5, 5.41) is 0.305. The normalized spacial score (nSPS) is 13.3. The maximum atomic E-state index is 13.0. The van der Waals surface area contributed by atoms with E-state index in [0.717, 1.165) is 19.3 Å². The number of aryl methyl sites for hydroxylation is 2. The van der Waals surface area contributed by atoms with Crippen LogP contribution in [0.4, 0.5) is 4.39 Å². The van der Waals surface area contributed by atoms with Crippen LogP contribution in [0.15, 0.2) is 36.4 Å². The molecule has 0 spiro atoms. The molecule has 1 nitrogen and oxygen atoms in total. The van der Waals surface area contributed by atoms with Gasteiger partial charge in [0.2, 0.25) is 0 Å². The van der Waals surface area contributed by atoms with Crippen LogP contribution in [0.3, 0.4) is 0 Å². The monoisotopic (exact) mass is 288 g/mol. The zero-order valence-corrected chi connectivity index (χ0v) is 11.7. The van der Waals surface area contributed by atoms with E-state index in [2.05, 4.69) is 0 Å². The molecule has 0 saturated heterocycles. The molecular formula is C17H14ClFO. The van der Waals surface area contributed by atoms with Gasteiger partial charge in [-0.25, -0.2) is 4.39 Å². The number of benzene rings is 2. The molecule has 2 aromatic rings. The number of rotatable bonds is 3. The van der Waals surface area contributed by atoms with E-state index < -0.39 is 0 Å². The number of ketones is 1. The molecule has 0 atom stereocenters. The molecule has 3 rings (SSSR count). The zero-order valence-electron chi connectivity index (χ0n) is 11.0. The molecule has 0 amide bonds. The molecule has 1 aliphatic carbocycles. The highest BCUT2D eigenvalue weighted by molar-refractivity contribution is 6.31. The van der Waals surface area contributed by atoms with Gasteiger partial charge >= 0.3 is 0 Å². The second-order valence-corrected chi connectivity index (χ2v) is 5.58. The van der Waals surface area contributed by atoms with Crippen molar-refractivity contribution in [2.45, 2.75) is 25.7 Å². The summed E-state index contributed by atoms with van der Waals surface area (Å²) in [5.74, 6) is -0.364. The first-order valence-corrected chi connectivity index (χ1v) is 7.10. The molecule has 1 aliphatic rings. The standard InChI is InChI=1S/C17H14ClFO/c18-16-10-15(19)7-6-13(16)9-17(20)14-5-4-11-2-1-3-12(11)8-14/h4-8,10H,1-3,9H2. The molecule has 3 heteroatoms. The first kappa shape index (κ1) is 13.3. The third-order valence-corrected chi connectivity index (χ3v) is 4.14. The van der Waals surface area contributed by atoms with Crippen molar-refractivity contribution < 1.29 is 9.18 Å².